The quantitative estimate of drug-likeness (QED) is 0.764. The number of hydrogen-bond donors (Lipinski definition) is 2. The molecule has 1 aliphatic carbocycles. The van der Waals surface area contributed by atoms with Crippen molar-refractivity contribution >= 4 is 11.8 Å². The molecule has 0 heterocycles. The summed E-state index contributed by atoms with van der Waals surface area (Å²) < 4.78 is 0. The topological polar surface area (TPSA) is 58.2 Å². The van der Waals surface area contributed by atoms with Gasteiger partial charge in [0.05, 0.1) is 6.42 Å². The molecule has 0 unspecified atom stereocenters. The van der Waals surface area contributed by atoms with E-state index in [2.05, 4.69) is 29.7 Å². The average Bonchev–Trinajstić information content (AvgIpc) is 3.40. The van der Waals surface area contributed by atoms with E-state index in [-0.39, 0.29) is 17.7 Å². The SMILES string of the molecule is Cc1ccccc1[C@H]1C[C@@H]1C(=O)NCCNC(=O)Cc1ccccc1. The average molecular weight is 336 g/mol. The molecule has 0 spiro atoms. The summed E-state index contributed by atoms with van der Waals surface area (Å²) >= 11 is 0. The summed E-state index contributed by atoms with van der Waals surface area (Å²) in [6.07, 6.45) is 1.28. The van der Waals surface area contributed by atoms with Crippen molar-refractivity contribution in [2.24, 2.45) is 5.92 Å². The molecule has 4 heteroatoms. The monoisotopic (exact) mass is 336 g/mol. The van der Waals surface area contributed by atoms with E-state index in [9.17, 15) is 9.59 Å². The van der Waals surface area contributed by atoms with Gasteiger partial charge in [0.15, 0.2) is 0 Å². The largest absolute Gasteiger partial charge is 0.354 e. The summed E-state index contributed by atoms with van der Waals surface area (Å²) in [6, 6.07) is 17.9. The minimum absolute atomic E-state index is 0.0235. The Morgan fingerprint density at radius 3 is 2.40 bits per heavy atom. The van der Waals surface area contributed by atoms with Crippen molar-refractivity contribution in [2.75, 3.05) is 13.1 Å². The molecule has 130 valence electrons. The normalized spacial score (nSPS) is 18.4. The van der Waals surface area contributed by atoms with Gasteiger partial charge >= 0.3 is 0 Å². The highest BCUT2D eigenvalue weighted by Gasteiger charge is 2.44. The van der Waals surface area contributed by atoms with Gasteiger partial charge in [-0.2, -0.15) is 0 Å². The summed E-state index contributed by atoms with van der Waals surface area (Å²) in [5.74, 6) is 0.477. The van der Waals surface area contributed by atoms with E-state index >= 15 is 0 Å². The van der Waals surface area contributed by atoms with E-state index in [0.29, 0.717) is 25.4 Å². The fourth-order valence-electron chi connectivity index (χ4n) is 3.19. The van der Waals surface area contributed by atoms with Crippen molar-refractivity contribution in [1.29, 1.82) is 0 Å². The minimum Gasteiger partial charge on any atom is -0.354 e. The molecular weight excluding hydrogens is 312 g/mol. The van der Waals surface area contributed by atoms with Crippen LogP contribution in [0, 0.1) is 12.8 Å². The standard InChI is InChI=1S/C21H24N2O2/c1-15-7-5-6-10-17(15)18-14-19(18)21(25)23-12-11-22-20(24)13-16-8-3-2-4-9-16/h2-10,18-19H,11-14H2,1H3,(H,22,24)(H,23,25)/t18-,19+/m1/s1. The first kappa shape index (κ1) is 17.2. The van der Waals surface area contributed by atoms with E-state index in [1.807, 2.05) is 42.5 Å². The van der Waals surface area contributed by atoms with Crippen LogP contribution in [0.1, 0.15) is 29.0 Å². The maximum absolute atomic E-state index is 12.2. The van der Waals surface area contributed by atoms with Crippen LogP contribution in [-0.2, 0) is 16.0 Å². The van der Waals surface area contributed by atoms with E-state index in [0.717, 1.165) is 12.0 Å². The fourth-order valence-corrected chi connectivity index (χ4v) is 3.19. The third kappa shape index (κ3) is 4.69. The van der Waals surface area contributed by atoms with E-state index in [1.165, 1.54) is 11.1 Å². The molecule has 1 fully saturated rings. The van der Waals surface area contributed by atoms with Crippen molar-refractivity contribution in [3.05, 3.63) is 71.3 Å². The second kappa shape index (κ2) is 7.97. The van der Waals surface area contributed by atoms with Crippen molar-refractivity contribution in [3.8, 4) is 0 Å². The first-order chi connectivity index (χ1) is 12.1. The van der Waals surface area contributed by atoms with Gasteiger partial charge in [-0.1, -0.05) is 54.6 Å². The van der Waals surface area contributed by atoms with Crippen molar-refractivity contribution < 1.29 is 9.59 Å². The molecule has 2 amide bonds. The Bertz CT molecular complexity index is 743. The molecule has 0 radical (unpaired) electrons. The predicted molar refractivity (Wildman–Crippen MR) is 98.2 cm³/mol. The van der Waals surface area contributed by atoms with Crippen molar-refractivity contribution in [1.82, 2.24) is 10.6 Å². The zero-order chi connectivity index (χ0) is 17.6. The molecular formula is C21H24N2O2. The van der Waals surface area contributed by atoms with Gasteiger partial charge in [0.2, 0.25) is 11.8 Å². The lowest BCUT2D eigenvalue weighted by Gasteiger charge is -2.08. The van der Waals surface area contributed by atoms with Gasteiger partial charge in [-0.25, -0.2) is 0 Å². The van der Waals surface area contributed by atoms with E-state index in [1.54, 1.807) is 0 Å². The van der Waals surface area contributed by atoms with Gasteiger partial charge in [-0.15, -0.1) is 0 Å². The van der Waals surface area contributed by atoms with Gasteiger partial charge in [0, 0.05) is 19.0 Å². The van der Waals surface area contributed by atoms with Crippen LogP contribution in [0.4, 0.5) is 0 Å². The zero-order valence-corrected chi connectivity index (χ0v) is 14.5. The third-order valence-electron chi connectivity index (χ3n) is 4.67. The Morgan fingerprint density at radius 1 is 0.960 bits per heavy atom. The van der Waals surface area contributed by atoms with Crippen molar-refractivity contribution in [2.45, 2.75) is 25.7 Å². The van der Waals surface area contributed by atoms with Gasteiger partial charge in [0.1, 0.15) is 0 Å². The zero-order valence-electron chi connectivity index (χ0n) is 14.5. The summed E-state index contributed by atoms with van der Waals surface area (Å²) in [4.78, 5) is 24.1. The van der Waals surface area contributed by atoms with Gasteiger partial charge < -0.3 is 10.6 Å². The van der Waals surface area contributed by atoms with Gasteiger partial charge in [0.25, 0.3) is 0 Å². The highest BCUT2D eigenvalue weighted by atomic mass is 16.2. The second-order valence-electron chi connectivity index (χ2n) is 6.61. The molecule has 2 aromatic carbocycles. The maximum Gasteiger partial charge on any atom is 0.224 e. The first-order valence-corrected chi connectivity index (χ1v) is 8.79. The molecule has 4 nitrogen and oxygen atoms in total. The van der Waals surface area contributed by atoms with Crippen LogP contribution >= 0.6 is 0 Å². The molecule has 0 aliphatic heterocycles. The van der Waals surface area contributed by atoms with Crippen LogP contribution in [0.15, 0.2) is 54.6 Å². The molecule has 25 heavy (non-hydrogen) atoms. The number of benzene rings is 2. The summed E-state index contributed by atoms with van der Waals surface area (Å²) in [5, 5.41) is 5.77. The lowest BCUT2D eigenvalue weighted by Crippen LogP contribution is -2.36. The number of carbonyl (C=O) groups excluding carboxylic acids is 2. The Morgan fingerprint density at radius 2 is 1.64 bits per heavy atom. The van der Waals surface area contributed by atoms with E-state index < -0.39 is 0 Å². The highest BCUT2D eigenvalue weighted by Crippen LogP contribution is 2.48. The third-order valence-corrected chi connectivity index (χ3v) is 4.67. The van der Waals surface area contributed by atoms with Crippen LogP contribution in [0.2, 0.25) is 0 Å². The Kier molecular flexibility index (Phi) is 5.49. The fraction of sp³-hybridized carbons (Fsp3) is 0.333. The van der Waals surface area contributed by atoms with E-state index in [4.69, 9.17) is 0 Å². The van der Waals surface area contributed by atoms with Crippen molar-refractivity contribution in [3.63, 3.8) is 0 Å². The number of amides is 2. The number of aryl methyl sites for hydroxylation is 1. The molecule has 2 atom stereocenters. The molecule has 1 saturated carbocycles. The van der Waals surface area contributed by atoms with Crippen LogP contribution in [0.5, 0.6) is 0 Å². The Labute approximate surface area is 148 Å². The van der Waals surface area contributed by atoms with Crippen LogP contribution < -0.4 is 10.6 Å². The predicted octanol–water partition coefficient (Wildman–Crippen LogP) is 2.57. The summed E-state index contributed by atoms with van der Waals surface area (Å²) in [6.45, 7) is 3.01. The van der Waals surface area contributed by atoms with Gasteiger partial charge in [-0.3, -0.25) is 9.59 Å². The Hall–Kier alpha value is -2.62. The lowest BCUT2D eigenvalue weighted by atomic mass is 10.0. The summed E-state index contributed by atoms with van der Waals surface area (Å²) in [7, 11) is 0. The number of carbonyl (C=O) groups is 2. The van der Waals surface area contributed by atoms with Crippen LogP contribution in [0.25, 0.3) is 0 Å². The minimum atomic E-state index is -0.0235. The number of hydrogen-bond acceptors (Lipinski definition) is 2. The molecule has 0 bridgehead atoms. The Balaban J connectivity index is 1.35. The highest BCUT2D eigenvalue weighted by molar-refractivity contribution is 5.83. The maximum atomic E-state index is 12.2. The number of nitrogens with one attached hydrogen (secondary N) is 2. The molecule has 1 aliphatic rings. The van der Waals surface area contributed by atoms with Crippen LogP contribution in [-0.4, -0.2) is 24.9 Å². The van der Waals surface area contributed by atoms with Crippen LogP contribution in [0.3, 0.4) is 0 Å². The molecule has 2 N–H and O–H groups in total. The molecule has 2 aromatic rings. The molecule has 0 saturated heterocycles. The summed E-state index contributed by atoms with van der Waals surface area (Å²) in [5.41, 5.74) is 3.51. The number of rotatable bonds is 7. The lowest BCUT2D eigenvalue weighted by molar-refractivity contribution is -0.123. The van der Waals surface area contributed by atoms with Gasteiger partial charge in [-0.05, 0) is 36.0 Å². The molecule has 0 aromatic heterocycles. The first-order valence-electron chi connectivity index (χ1n) is 8.79. The molecule has 3 rings (SSSR count). The second-order valence-corrected chi connectivity index (χ2v) is 6.61. The smallest absolute Gasteiger partial charge is 0.224 e.